The third-order valence-electron chi connectivity index (χ3n) is 5.16. The lowest BCUT2D eigenvalue weighted by Crippen LogP contribution is -2.31. The number of nitrogens with two attached hydrogens (primary N) is 1. The molecule has 0 amide bonds. The van der Waals surface area contributed by atoms with Crippen molar-refractivity contribution in [2.24, 2.45) is 17.6 Å². The predicted molar refractivity (Wildman–Crippen MR) is 80.1 cm³/mol. The Morgan fingerprint density at radius 2 is 1.84 bits per heavy atom. The highest BCUT2D eigenvalue weighted by molar-refractivity contribution is 5.21. The Balaban J connectivity index is 1.55. The first-order chi connectivity index (χ1) is 9.36. The zero-order chi connectivity index (χ0) is 13.1. The van der Waals surface area contributed by atoms with Crippen molar-refractivity contribution in [3.63, 3.8) is 0 Å². The summed E-state index contributed by atoms with van der Waals surface area (Å²) in [7, 11) is 0. The SMILES string of the molecule is NCC1CCCC1CN1CCC(c2ccccc2)C1. The first kappa shape index (κ1) is 13.1. The van der Waals surface area contributed by atoms with Crippen LogP contribution in [0.5, 0.6) is 0 Å². The second-order valence-corrected chi connectivity index (χ2v) is 6.34. The molecule has 19 heavy (non-hydrogen) atoms. The van der Waals surface area contributed by atoms with Crippen LogP contribution in [0.3, 0.4) is 0 Å². The van der Waals surface area contributed by atoms with Crippen LogP contribution in [0, 0.1) is 11.8 Å². The Bertz CT molecular complexity index is 390. The van der Waals surface area contributed by atoms with Crippen molar-refractivity contribution in [2.45, 2.75) is 31.6 Å². The van der Waals surface area contributed by atoms with Crippen molar-refractivity contribution in [3.8, 4) is 0 Å². The number of benzene rings is 1. The Morgan fingerprint density at radius 1 is 1.05 bits per heavy atom. The van der Waals surface area contributed by atoms with Crippen molar-refractivity contribution < 1.29 is 0 Å². The maximum Gasteiger partial charge on any atom is 0.00509 e. The van der Waals surface area contributed by atoms with Gasteiger partial charge in [0.2, 0.25) is 0 Å². The van der Waals surface area contributed by atoms with Gasteiger partial charge in [-0.3, -0.25) is 0 Å². The van der Waals surface area contributed by atoms with Crippen LogP contribution < -0.4 is 5.73 Å². The van der Waals surface area contributed by atoms with Gasteiger partial charge in [-0.25, -0.2) is 0 Å². The molecule has 2 N–H and O–H groups in total. The smallest absolute Gasteiger partial charge is 0.00509 e. The molecule has 1 aromatic carbocycles. The minimum atomic E-state index is 0.749. The third-order valence-corrected chi connectivity index (χ3v) is 5.16. The van der Waals surface area contributed by atoms with Crippen LogP contribution in [-0.4, -0.2) is 31.1 Å². The van der Waals surface area contributed by atoms with Crippen LogP contribution in [0.15, 0.2) is 30.3 Å². The molecule has 1 aliphatic carbocycles. The molecule has 1 heterocycles. The van der Waals surface area contributed by atoms with E-state index in [4.69, 9.17) is 5.73 Å². The third kappa shape index (κ3) is 3.01. The highest BCUT2D eigenvalue weighted by atomic mass is 15.1. The topological polar surface area (TPSA) is 29.3 Å². The fourth-order valence-electron chi connectivity index (χ4n) is 3.99. The highest BCUT2D eigenvalue weighted by Gasteiger charge is 2.31. The Hall–Kier alpha value is -0.860. The summed E-state index contributed by atoms with van der Waals surface area (Å²) in [6.45, 7) is 4.69. The fourth-order valence-corrected chi connectivity index (χ4v) is 3.99. The molecular weight excluding hydrogens is 232 g/mol. The molecule has 0 bridgehead atoms. The number of likely N-dealkylation sites (tertiary alicyclic amines) is 1. The minimum Gasteiger partial charge on any atom is -0.330 e. The molecule has 1 aliphatic heterocycles. The van der Waals surface area contributed by atoms with E-state index in [1.807, 2.05) is 0 Å². The van der Waals surface area contributed by atoms with Gasteiger partial charge in [-0.2, -0.15) is 0 Å². The van der Waals surface area contributed by atoms with E-state index < -0.39 is 0 Å². The second-order valence-electron chi connectivity index (χ2n) is 6.34. The molecular formula is C17H26N2. The van der Waals surface area contributed by atoms with Crippen LogP contribution in [0.1, 0.15) is 37.2 Å². The summed E-state index contributed by atoms with van der Waals surface area (Å²) in [5.41, 5.74) is 7.42. The van der Waals surface area contributed by atoms with E-state index in [1.54, 1.807) is 0 Å². The molecule has 2 nitrogen and oxygen atoms in total. The van der Waals surface area contributed by atoms with Gasteiger partial charge in [0.1, 0.15) is 0 Å². The van der Waals surface area contributed by atoms with Gasteiger partial charge in [0.25, 0.3) is 0 Å². The average molecular weight is 258 g/mol. The van der Waals surface area contributed by atoms with Gasteiger partial charge in [0.15, 0.2) is 0 Å². The summed E-state index contributed by atoms with van der Waals surface area (Å²) in [5.74, 6) is 2.40. The Kier molecular flexibility index (Phi) is 4.19. The Labute approximate surface area is 117 Å². The molecule has 2 heteroatoms. The monoisotopic (exact) mass is 258 g/mol. The number of hydrogen-bond donors (Lipinski definition) is 1. The van der Waals surface area contributed by atoms with Crippen molar-refractivity contribution >= 4 is 0 Å². The zero-order valence-corrected chi connectivity index (χ0v) is 11.8. The van der Waals surface area contributed by atoms with Gasteiger partial charge in [-0.05, 0) is 55.7 Å². The summed E-state index contributed by atoms with van der Waals surface area (Å²) in [6, 6.07) is 11.0. The van der Waals surface area contributed by atoms with E-state index in [2.05, 4.69) is 35.2 Å². The van der Waals surface area contributed by atoms with Gasteiger partial charge < -0.3 is 10.6 Å². The fraction of sp³-hybridized carbons (Fsp3) is 0.647. The molecule has 1 saturated heterocycles. The number of hydrogen-bond acceptors (Lipinski definition) is 2. The van der Waals surface area contributed by atoms with Crippen LogP contribution in [0.2, 0.25) is 0 Å². The molecule has 0 spiro atoms. The molecule has 2 aliphatic rings. The maximum absolute atomic E-state index is 5.90. The summed E-state index contributed by atoms with van der Waals surface area (Å²) in [4.78, 5) is 2.68. The van der Waals surface area contributed by atoms with Crippen LogP contribution in [-0.2, 0) is 0 Å². The minimum absolute atomic E-state index is 0.749. The van der Waals surface area contributed by atoms with Gasteiger partial charge in [-0.15, -0.1) is 0 Å². The average Bonchev–Trinajstić information content (AvgIpc) is 3.09. The molecule has 1 saturated carbocycles. The van der Waals surface area contributed by atoms with E-state index in [1.165, 1.54) is 50.9 Å². The molecule has 3 rings (SSSR count). The first-order valence-corrected chi connectivity index (χ1v) is 7.84. The normalized spacial score (nSPS) is 31.9. The lowest BCUT2D eigenvalue weighted by Gasteiger charge is -2.24. The van der Waals surface area contributed by atoms with Crippen molar-refractivity contribution in [1.29, 1.82) is 0 Å². The molecule has 0 aromatic heterocycles. The van der Waals surface area contributed by atoms with E-state index in [0.717, 1.165) is 24.3 Å². The Morgan fingerprint density at radius 3 is 2.63 bits per heavy atom. The largest absolute Gasteiger partial charge is 0.330 e. The zero-order valence-electron chi connectivity index (χ0n) is 11.8. The van der Waals surface area contributed by atoms with Crippen LogP contribution >= 0.6 is 0 Å². The van der Waals surface area contributed by atoms with Gasteiger partial charge in [0.05, 0.1) is 0 Å². The van der Waals surface area contributed by atoms with Gasteiger partial charge >= 0.3 is 0 Å². The van der Waals surface area contributed by atoms with Crippen LogP contribution in [0.25, 0.3) is 0 Å². The van der Waals surface area contributed by atoms with E-state index in [-0.39, 0.29) is 0 Å². The second kappa shape index (κ2) is 6.06. The maximum atomic E-state index is 5.90. The molecule has 0 radical (unpaired) electrons. The molecule has 3 atom stereocenters. The van der Waals surface area contributed by atoms with Crippen molar-refractivity contribution in [1.82, 2.24) is 4.90 Å². The summed E-state index contributed by atoms with van der Waals surface area (Å²) in [6.07, 6.45) is 5.47. The standard InChI is InChI=1S/C17H26N2/c18-11-15-7-4-8-16(15)12-19-10-9-17(13-19)14-5-2-1-3-6-14/h1-3,5-6,15-17H,4,7-13,18H2. The molecule has 1 aromatic rings. The van der Waals surface area contributed by atoms with Crippen molar-refractivity contribution in [2.75, 3.05) is 26.2 Å². The molecule has 3 unspecified atom stereocenters. The predicted octanol–water partition coefficient (Wildman–Crippen LogP) is 2.85. The van der Waals surface area contributed by atoms with E-state index in [0.29, 0.717) is 0 Å². The summed E-state index contributed by atoms with van der Waals surface area (Å²) < 4.78 is 0. The number of nitrogens with zero attached hydrogens (tertiary/aromatic N) is 1. The molecule has 104 valence electrons. The quantitative estimate of drug-likeness (QED) is 0.900. The highest BCUT2D eigenvalue weighted by Crippen LogP contribution is 2.34. The summed E-state index contributed by atoms with van der Waals surface area (Å²) in [5, 5.41) is 0. The summed E-state index contributed by atoms with van der Waals surface area (Å²) >= 11 is 0. The van der Waals surface area contributed by atoms with E-state index >= 15 is 0 Å². The van der Waals surface area contributed by atoms with Crippen LogP contribution in [0.4, 0.5) is 0 Å². The molecule has 2 fully saturated rings. The lowest BCUT2D eigenvalue weighted by atomic mass is 9.95. The number of rotatable bonds is 4. The van der Waals surface area contributed by atoms with Gasteiger partial charge in [0, 0.05) is 13.1 Å². The van der Waals surface area contributed by atoms with Crippen molar-refractivity contribution in [3.05, 3.63) is 35.9 Å². The van der Waals surface area contributed by atoms with E-state index in [9.17, 15) is 0 Å². The first-order valence-electron chi connectivity index (χ1n) is 7.84. The van der Waals surface area contributed by atoms with Gasteiger partial charge in [-0.1, -0.05) is 36.8 Å². The lowest BCUT2D eigenvalue weighted by molar-refractivity contribution is 0.241.